The summed E-state index contributed by atoms with van der Waals surface area (Å²) in [6, 6.07) is 6.06. The van der Waals surface area contributed by atoms with Crippen LogP contribution in [0.3, 0.4) is 0 Å². The van der Waals surface area contributed by atoms with E-state index < -0.39 is 0 Å². The van der Waals surface area contributed by atoms with Gasteiger partial charge in [-0.2, -0.15) is 5.10 Å². The number of nitrogens with zero attached hydrogens (tertiary/aromatic N) is 3. The van der Waals surface area contributed by atoms with Crippen molar-refractivity contribution >= 4 is 0 Å². The minimum absolute atomic E-state index is 0.101. The van der Waals surface area contributed by atoms with Gasteiger partial charge in [0.05, 0.1) is 11.9 Å². The molecule has 1 aromatic heterocycles. The highest BCUT2D eigenvalue weighted by Crippen LogP contribution is 2.16. The standard InChI is InChI=1S/C12H12FN3O/c13-10-5-3-9(4-6-10)11-8-14-16-12(15-11)2-1-7-17/h3-6,8,17H,1-2,7H2. The van der Waals surface area contributed by atoms with Crippen LogP contribution in [0.15, 0.2) is 30.5 Å². The van der Waals surface area contributed by atoms with E-state index in [2.05, 4.69) is 15.2 Å². The lowest BCUT2D eigenvalue weighted by atomic mass is 10.1. The first-order chi connectivity index (χ1) is 8.29. The fourth-order valence-electron chi connectivity index (χ4n) is 1.44. The fourth-order valence-corrected chi connectivity index (χ4v) is 1.44. The van der Waals surface area contributed by atoms with Crippen molar-refractivity contribution < 1.29 is 9.50 Å². The van der Waals surface area contributed by atoms with Crippen LogP contribution in [0, 0.1) is 5.82 Å². The van der Waals surface area contributed by atoms with Crippen molar-refractivity contribution in [1.82, 2.24) is 15.2 Å². The minimum Gasteiger partial charge on any atom is -0.396 e. The number of benzene rings is 1. The zero-order chi connectivity index (χ0) is 12.1. The van der Waals surface area contributed by atoms with E-state index >= 15 is 0 Å². The molecule has 0 amide bonds. The Balaban J connectivity index is 2.23. The van der Waals surface area contributed by atoms with Crippen LogP contribution in [0.2, 0.25) is 0 Å². The van der Waals surface area contributed by atoms with Crippen molar-refractivity contribution in [2.45, 2.75) is 12.8 Å². The predicted molar refractivity (Wildman–Crippen MR) is 60.6 cm³/mol. The third-order valence-corrected chi connectivity index (χ3v) is 2.30. The van der Waals surface area contributed by atoms with Gasteiger partial charge in [-0.1, -0.05) is 0 Å². The summed E-state index contributed by atoms with van der Waals surface area (Å²) in [7, 11) is 0. The average Bonchev–Trinajstić information content (AvgIpc) is 2.37. The van der Waals surface area contributed by atoms with Gasteiger partial charge in [0.2, 0.25) is 0 Å². The maximum Gasteiger partial charge on any atom is 0.151 e. The van der Waals surface area contributed by atoms with Crippen molar-refractivity contribution in [2.75, 3.05) is 6.61 Å². The second-order valence-corrected chi connectivity index (χ2v) is 3.59. The van der Waals surface area contributed by atoms with E-state index in [1.54, 1.807) is 12.1 Å². The second-order valence-electron chi connectivity index (χ2n) is 3.59. The van der Waals surface area contributed by atoms with Crippen LogP contribution in [0.4, 0.5) is 4.39 Å². The molecule has 2 rings (SSSR count). The Bertz CT molecular complexity index is 487. The molecule has 4 nitrogen and oxygen atoms in total. The molecule has 0 atom stereocenters. The lowest BCUT2D eigenvalue weighted by Crippen LogP contribution is -2.00. The summed E-state index contributed by atoms with van der Waals surface area (Å²) in [5.74, 6) is 0.303. The van der Waals surface area contributed by atoms with Crippen LogP contribution >= 0.6 is 0 Å². The topological polar surface area (TPSA) is 58.9 Å². The van der Waals surface area contributed by atoms with Crippen molar-refractivity contribution in [2.24, 2.45) is 0 Å². The van der Waals surface area contributed by atoms with Gasteiger partial charge < -0.3 is 5.11 Å². The molecule has 5 heteroatoms. The zero-order valence-corrected chi connectivity index (χ0v) is 9.17. The predicted octanol–water partition coefficient (Wildman–Crippen LogP) is 1.60. The van der Waals surface area contributed by atoms with Gasteiger partial charge in [0.25, 0.3) is 0 Å². The molecule has 0 aliphatic heterocycles. The van der Waals surface area contributed by atoms with E-state index in [0.717, 1.165) is 5.56 Å². The van der Waals surface area contributed by atoms with Crippen LogP contribution in [0.1, 0.15) is 12.2 Å². The monoisotopic (exact) mass is 233 g/mol. The summed E-state index contributed by atoms with van der Waals surface area (Å²) < 4.78 is 12.8. The van der Waals surface area contributed by atoms with Crippen molar-refractivity contribution in [3.05, 3.63) is 42.1 Å². The molecular formula is C12H12FN3O. The molecule has 0 radical (unpaired) electrons. The number of halogens is 1. The van der Waals surface area contributed by atoms with E-state index in [1.807, 2.05) is 0 Å². The molecule has 2 aromatic rings. The van der Waals surface area contributed by atoms with Gasteiger partial charge in [-0.25, -0.2) is 9.37 Å². The molecule has 0 aliphatic carbocycles. The van der Waals surface area contributed by atoms with E-state index in [0.29, 0.717) is 24.4 Å². The molecule has 1 N–H and O–H groups in total. The van der Waals surface area contributed by atoms with Gasteiger partial charge in [0.15, 0.2) is 5.82 Å². The Kier molecular flexibility index (Phi) is 3.72. The molecule has 0 fully saturated rings. The van der Waals surface area contributed by atoms with Gasteiger partial charge >= 0.3 is 0 Å². The summed E-state index contributed by atoms with van der Waals surface area (Å²) in [4.78, 5) is 4.30. The van der Waals surface area contributed by atoms with Crippen LogP contribution < -0.4 is 0 Å². The first-order valence-corrected chi connectivity index (χ1v) is 5.35. The number of hydrogen-bond donors (Lipinski definition) is 1. The summed E-state index contributed by atoms with van der Waals surface area (Å²) in [5.41, 5.74) is 1.46. The SMILES string of the molecule is OCCCc1nncc(-c2ccc(F)cc2)n1. The fraction of sp³-hybridized carbons (Fsp3) is 0.250. The van der Waals surface area contributed by atoms with E-state index in [-0.39, 0.29) is 12.4 Å². The molecular weight excluding hydrogens is 221 g/mol. The largest absolute Gasteiger partial charge is 0.396 e. The Hall–Kier alpha value is -1.88. The maximum atomic E-state index is 12.8. The van der Waals surface area contributed by atoms with E-state index in [4.69, 9.17) is 5.11 Å². The normalized spacial score (nSPS) is 10.5. The van der Waals surface area contributed by atoms with Crippen LogP contribution in [-0.2, 0) is 6.42 Å². The maximum absolute atomic E-state index is 12.8. The Morgan fingerprint density at radius 3 is 2.65 bits per heavy atom. The van der Waals surface area contributed by atoms with Crippen molar-refractivity contribution in [3.8, 4) is 11.3 Å². The Labute approximate surface area is 98.2 Å². The van der Waals surface area contributed by atoms with Crippen molar-refractivity contribution in [1.29, 1.82) is 0 Å². The molecule has 1 heterocycles. The Morgan fingerprint density at radius 1 is 1.18 bits per heavy atom. The van der Waals surface area contributed by atoms with Crippen molar-refractivity contribution in [3.63, 3.8) is 0 Å². The molecule has 0 unspecified atom stereocenters. The third-order valence-electron chi connectivity index (χ3n) is 2.30. The van der Waals surface area contributed by atoms with Gasteiger partial charge in [0.1, 0.15) is 5.82 Å². The first kappa shape index (κ1) is 11.6. The lowest BCUT2D eigenvalue weighted by molar-refractivity contribution is 0.287. The first-order valence-electron chi connectivity index (χ1n) is 5.35. The number of rotatable bonds is 4. The van der Waals surface area contributed by atoms with Crippen LogP contribution in [-0.4, -0.2) is 26.9 Å². The number of aromatic nitrogens is 3. The minimum atomic E-state index is -0.281. The van der Waals surface area contributed by atoms with Gasteiger partial charge in [-0.3, -0.25) is 0 Å². The van der Waals surface area contributed by atoms with E-state index in [1.165, 1.54) is 18.3 Å². The smallest absolute Gasteiger partial charge is 0.151 e. The number of hydrogen-bond acceptors (Lipinski definition) is 4. The second kappa shape index (κ2) is 5.45. The third kappa shape index (κ3) is 3.04. The van der Waals surface area contributed by atoms with Gasteiger partial charge in [-0.05, 0) is 30.7 Å². The lowest BCUT2D eigenvalue weighted by Gasteiger charge is -2.02. The van der Waals surface area contributed by atoms with E-state index in [9.17, 15) is 4.39 Å². The van der Waals surface area contributed by atoms with Crippen LogP contribution in [0.5, 0.6) is 0 Å². The molecule has 0 bridgehead atoms. The number of aliphatic hydroxyl groups excluding tert-OH is 1. The number of aryl methyl sites for hydroxylation is 1. The zero-order valence-electron chi connectivity index (χ0n) is 9.17. The molecule has 88 valence electrons. The summed E-state index contributed by atoms with van der Waals surface area (Å²) in [6.07, 6.45) is 2.72. The highest BCUT2D eigenvalue weighted by Gasteiger charge is 2.03. The summed E-state index contributed by atoms with van der Waals surface area (Å²) >= 11 is 0. The molecule has 0 spiro atoms. The summed E-state index contributed by atoms with van der Waals surface area (Å²) in [6.45, 7) is 0.101. The van der Waals surface area contributed by atoms with Crippen LogP contribution in [0.25, 0.3) is 11.3 Å². The molecule has 17 heavy (non-hydrogen) atoms. The van der Waals surface area contributed by atoms with Gasteiger partial charge in [0, 0.05) is 18.6 Å². The molecule has 0 saturated carbocycles. The molecule has 0 aliphatic rings. The average molecular weight is 233 g/mol. The molecule has 1 aromatic carbocycles. The highest BCUT2D eigenvalue weighted by atomic mass is 19.1. The number of aliphatic hydroxyl groups is 1. The molecule has 0 saturated heterocycles. The Morgan fingerprint density at radius 2 is 1.94 bits per heavy atom. The van der Waals surface area contributed by atoms with Gasteiger partial charge in [-0.15, -0.1) is 5.10 Å². The highest BCUT2D eigenvalue weighted by molar-refractivity contribution is 5.57. The quantitative estimate of drug-likeness (QED) is 0.871. The summed E-state index contributed by atoms with van der Waals surface area (Å²) in [5, 5.41) is 16.4.